The van der Waals surface area contributed by atoms with E-state index in [9.17, 15) is 0 Å². The van der Waals surface area contributed by atoms with Gasteiger partial charge >= 0.3 is 0 Å². The molecule has 0 aliphatic carbocycles. The lowest BCUT2D eigenvalue weighted by Crippen LogP contribution is -2.09. The molecule has 0 aliphatic heterocycles. The van der Waals surface area contributed by atoms with Crippen LogP contribution in [0.3, 0.4) is 0 Å². The minimum Gasteiger partial charge on any atom is -0.493 e. The number of aromatic nitrogens is 1. The summed E-state index contributed by atoms with van der Waals surface area (Å²) < 4.78 is 5.68. The average Bonchev–Trinajstić information content (AvgIpc) is 2.35. The molecule has 2 rings (SSSR count). The monoisotopic (exact) mass is 233 g/mol. The van der Waals surface area contributed by atoms with E-state index in [1.165, 1.54) is 0 Å². The maximum atomic E-state index is 5.68. The number of hydrogen-bond acceptors (Lipinski definition) is 3. The molecule has 1 heterocycles. The molecule has 84 valence electrons. The lowest BCUT2D eigenvalue weighted by atomic mass is 10.2. The molecule has 16 heavy (non-hydrogen) atoms. The molecule has 0 saturated heterocycles. The summed E-state index contributed by atoms with van der Waals surface area (Å²) >= 11 is 4.23. The van der Waals surface area contributed by atoms with Gasteiger partial charge in [-0.1, -0.05) is 13.0 Å². The second-order valence-electron chi connectivity index (χ2n) is 3.96. The minimum absolute atomic E-state index is 0.461. The van der Waals surface area contributed by atoms with Crippen LogP contribution in [-0.4, -0.2) is 17.3 Å². The molecule has 0 spiro atoms. The molecule has 2 nitrogen and oxygen atoms in total. The van der Waals surface area contributed by atoms with Gasteiger partial charge in [0.2, 0.25) is 0 Å². The van der Waals surface area contributed by atoms with Gasteiger partial charge in [-0.15, -0.1) is 0 Å². The Hall–Kier alpha value is -1.22. The zero-order chi connectivity index (χ0) is 11.4. The SMILES string of the molecule is CC(CS)COc1ccc2cccnc2c1. The molecule has 3 heteroatoms. The van der Waals surface area contributed by atoms with E-state index in [0.29, 0.717) is 12.5 Å². The quantitative estimate of drug-likeness (QED) is 0.819. The first-order valence-corrected chi connectivity index (χ1v) is 6.01. The number of ether oxygens (including phenoxy) is 1. The van der Waals surface area contributed by atoms with Crippen molar-refractivity contribution in [2.24, 2.45) is 5.92 Å². The van der Waals surface area contributed by atoms with E-state index in [1.54, 1.807) is 6.20 Å². The number of nitrogens with zero attached hydrogens (tertiary/aromatic N) is 1. The third kappa shape index (κ3) is 2.67. The van der Waals surface area contributed by atoms with Gasteiger partial charge in [0.25, 0.3) is 0 Å². The zero-order valence-corrected chi connectivity index (χ0v) is 10.2. The molecule has 1 aromatic heterocycles. The fraction of sp³-hybridized carbons (Fsp3) is 0.308. The second-order valence-corrected chi connectivity index (χ2v) is 4.32. The predicted molar refractivity (Wildman–Crippen MR) is 70.3 cm³/mol. The maximum Gasteiger partial charge on any atom is 0.121 e. The summed E-state index contributed by atoms with van der Waals surface area (Å²) in [6, 6.07) is 9.97. The van der Waals surface area contributed by atoms with Crippen LogP contribution in [0.1, 0.15) is 6.92 Å². The van der Waals surface area contributed by atoms with Crippen LogP contribution in [0.2, 0.25) is 0 Å². The largest absolute Gasteiger partial charge is 0.493 e. The molecular weight excluding hydrogens is 218 g/mol. The van der Waals surface area contributed by atoms with Gasteiger partial charge in [-0.25, -0.2) is 0 Å². The van der Waals surface area contributed by atoms with Crippen LogP contribution in [0.4, 0.5) is 0 Å². The predicted octanol–water partition coefficient (Wildman–Crippen LogP) is 3.18. The summed E-state index contributed by atoms with van der Waals surface area (Å²) in [4.78, 5) is 4.29. The summed E-state index contributed by atoms with van der Waals surface area (Å²) in [7, 11) is 0. The average molecular weight is 233 g/mol. The van der Waals surface area contributed by atoms with E-state index in [4.69, 9.17) is 4.74 Å². The van der Waals surface area contributed by atoms with Crippen LogP contribution in [-0.2, 0) is 0 Å². The van der Waals surface area contributed by atoms with Crippen molar-refractivity contribution in [3.05, 3.63) is 36.5 Å². The van der Waals surface area contributed by atoms with Crippen molar-refractivity contribution in [3.8, 4) is 5.75 Å². The van der Waals surface area contributed by atoms with Crippen LogP contribution in [0, 0.1) is 5.92 Å². The molecule has 1 aromatic carbocycles. The van der Waals surface area contributed by atoms with Crippen molar-refractivity contribution in [2.75, 3.05) is 12.4 Å². The molecule has 0 radical (unpaired) electrons. The van der Waals surface area contributed by atoms with Crippen molar-refractivity contribution in [1.82, 2.24) is 4.98 Å². The highest BCUT2D eigenvalue weighted by Gasteiger charge is 2.01. The van der Waals surface area contributed by atoms with E-state index in [1.807, 2.05) is 30.3 Å². The van der Waals surface area contributed by atoms with Gasteiger partial charge in [0.15, 0.2) is 0 Å². The molecule has 0 amide bonds. The van der Waals surface area contributed by atoms with Gasteiger partial charge in [-0.3, -0.25) is 4.98 Å². The van der Waals surface area contributed by atoms with Crippen LogP contribution in [0.5, 0.6) is 5.75 Å². The van der Waals surface area contributed by atoms with Crippen molar-refractivity contribution in [1.29, 1.82) is 0 Å². The summed E-state index contributed by atoms with van der Waals surface area (Å²) in [6.45, 7) is 2.81. The molecule has 1 unspecified atom stereocenters. The fourth-order valence-corrected chi connectivity index (χ4v) is 1.53. The highest BCUT2D eigenvalue weighted by atomic mass is 32.1. The summed E-state index contributed by atoms with van der Waals surface area (Å²) in [6.07, 6.45) is 1.79. The number of rotatable bonds is 4. The Bertz CT molecular complexity index is 472. The fourth-order valence-electron chi connectivity index (χ4n) is 1.43. The Morgan fingerprint density at radius 2 is 2.25 bits per heavy atom. The zero-order valence-electron chi connectivity index (χ0n) is 9.26. The molecule has 0 fully saturated rings. The third-order valence-corrected chi connectivity index (χ3v) is 3.05. The van der Waals surface area contributed by atoms with Gasteiger partial charge in [0.05, 0.1) is 12.1 Å². The van der Waals surface area contributed by atoms with Crippen molar-refractivity contribution in [3.63, 3.8) is 0 Å². The molecule has 0 N–H and O–H groups in total. The standard InChI is InChI=1S/C13H15NOS/c1-10(9-16)8-15-12-5-4-11-3-2-6-14-13(11)7-12/h2-7,10,16H,8-9H2,1H3. The topological polar surface area (TPSA) is 22.1 Å². The minimum atomic E-state index is 0.461. The third-order valence-electron chi connectivity index (χ3n) is 2.42. The Kier molecular flexibility index (Phi) is 3.67. The number of fused-ring (bicyclic) bond motifs is 1. The van der Waals surface area contributed by atoms with Gasteiger partial charge in [-0.2, -0.15) is 12.6 Å². The number of pyridine rings is 1. The maximum absolute atomic E-state index is 5.68. The first-order chi connectivity index (χ1) is 7.79. The molecule has 1 atom stereocenters. The highest BCUT2D eigenvalue weighted by Crippen LogP contribution is 2.19. The normalized spacial score (nSPS) is 12.6. The Labute approximate surface area is 101 Å². The van der Waals surface area contributed by atoms with E-state index < -0.39 is 0 Å². The summed E-state index contributed by atoms with van der Waals surface area (Å²) in [5, 5.41) is 1.14. The van der Waals surface area contributed by atoms with Crippen molar-refractivity contribution >= 4 is 23.5 Å². The number of hydrogen-bond donors (Lipinski definition) is 1. The van der Waals surface area contributed by atoms with Gasteiger partial charge in [0.1, 0.15) is 5.75 Å². The Morgan fingerprint density at radius 1 is 1.38 bits per heavy atom. The molecular formula is C13H15NOS. The van der Waals surface area contributed by atoms with E-state index in [2.05, 4.69) is 24.5 Å². The number of thiol groups is 1. The van der Waals surface area contributed by atoms with Crippen molar-refractivity contribution in [2.45, 2.75) is 6.92 Å². The lowest BCUT2D eigenvalue weighted by Gasteiger charge is -2.10. The molecule has 0 saturated carbocycles. The lowest BCUT2D eigenvalue weighted by molar-refractivity contribution is 0.274. The first-order valence-electron chi connectivity index (χ1n) is 5.38. The highest BCUT2D eigenvalue weighted by molar-refractivity contribution is 7.80. The van der Waals surface area contributed by atoms with E-state index in [0.717, 1.165) is 22.4 Å². The molecule has 0 bridgehead atoms. The summed E-state index contributed by atoms with van der Waals surface area (Å²) in [5.41, 5.74) is 0.971. The van der Waals surface area contributed by atoms with Gasteiger partial charge in [-0.05, 0) is 29.9 Å². The van der Waals surface area contributed by atoms with Crippen LogP contribution in [0.25, 0.3) is 10.9 Å². The van der Waals surface area contributed by atoms with Gasteiger partial charge < -0.3 is 4.74 Å². The first kappa shape index (κ1) is 11.3. The van der Waals surface area contributed by atoms with Crippen LogP contribution in [0.15, 0.2) is 36.5 Å². The Balaban J connectivity index is 2.13. The van der Waals surface area contributed by atoms with E-state index in [-0.39, 0.29) is 0 Å². The second kappa shape index (κ2) is 5.21. The summed E-state index contributed by atoms with van der Waals surface area (Å²) in [5.74, 6) is 2.17. The molecule has 0 aliphatic rings. The number of benzene rings is 1. The van der Waals surface area contributed by atoms with Crippen LogP contribution < -0.4 is 4.74 Å². The smallest absolute Gasteiger partial charge is 0.121 e. The van der Waals surface area contributed by atoms with E-state index >= 15 is 0 Å². The Morgan fingerprint density at radius 3 is 3.06 bits per heavy atom. The van der Waals surface area contributed by atoms with Gasteiger partial charge in [0, 0.05) is 17.6 Å². The molecule has 2 aromatic rings. The van der Waals surface area contributed by atoms with Crippen LogP contribution >= 0.6 is 12.6 Å². The van der Waals surface area contributed by atoms with Crippen molar-refractivity contribution < 1.29 is 4.74 Å².